The second-order valence-corrected chi connectivity index (χ2v) is 4.25. The largest absolute Gasteiger partial charge is 0.476 e. The van der Waals surface area contributed by atoms with E-state index in [4.69, 9.17) is 9.84 Å². The molecule has 0 bridgehead atoms. The Labute approximate surface area is 110 Å². The van der Waals surface area contributed by atoms with Gasteiger partial charge in [-0.2, -0.15) is 0 Å². The highest BCUT2D eigenvalue weighted by atomic mass is 79.9. The Morgan fingerprint density at radius 1 is 1.33 bits per heavy atom. The van der Waals surface area contributed by atoms with Gasteiger partial charge in [0.2, 0.25) is 0 Å². The first-order valence-corrected chi connectivity index (χ1v) is 5.68. The summed E-state index contributed by atoms with van der Waals surface area (Å²) in [5.41, 5.74) is -0.264. The molecular formula is C12H7BrFNO3. The van der Waals surface area contributed by atoms with Gasteiger partial charge in [0, 0.05) is 10.7 Å². The molecule has 0 saturated carbocycles. The third-order valence-corrected chi connectivity index (χ3v) is 2.58. The van der Waals surface area contributed by atoms with Gasteiger partial charge in [-0.25, -0.2) is 14.2 Å². The van der Waals surface area contributed by atoms with Crippen LogP contribution in [0.4, 0.5) is 4.39 Å². The van der Waals surface area contributed by atoms with Crippen molar-refractivity contribution in [1.82, 2.24) is 4.98 Å². The Morgan fingerprint density at radius 2 is 2.11 bits per heavy atom. The van der Waals surface area contributed by atoms with E-state index in [9.17, 15) is 9.18 Å². The van der Waals surface area contributed by atoms with Crippen molar-refractivity contribution in [3.63, 3.8) is 0 Å². The third-order valence-electron chi connectivity index (χ3n) is 2.09. The SMILES string of the molecule is O=C(O)c1ncccc1Oc1ccc(Br)cc1F. The number of hydrogen-bond donors (Lipinski definition) is 1. The number of ether oxygens (including phenoxy) is 1. The highest BCUT2D eigenvalue weighted by molar-refractivity contribution is 9.10. The molecular weight excluding hydrogens is 305 g/mol. The van der Waals surface area contributed by atoms with Gasteiger partial charge < -0.3 is 9.84 Å². The number of halogens is 2. The van der Waals surface area contributed by atoms with Gasteiger partial charge in [-0.1, -0.05) is 15.9 Å². The van der Waals surface area contributed by atoms with E-state index in [-0.39, 0.29) is 17.2 Å². The van der Waals surface area contributed by atoms with Gasteiger partial charge in [0.1, 0.15) is 0 Å². The number of carboxylic acid groups (broad SMARTS) is 1. The van der Waals surface area contributed by atoms with Crippen LogP contribution in [0.25, 0.3) is 0 Å². The summed E-state index contributed by atoms with van der Waals surface area (Å²) in [5.74, 6) is -1.90. The molecule has 1 aromatic carbocycles. The Morgan fingerprint density at radius 3 is 2.78 bits per heavy atom. The van der Waals surface area contributed by atoms with Crippen LogP contribution in [0.5, 0.6) is 11.5 Å². The normalized spacial score (nSPS) is 10.1. The number of carboxylic acids is 1. The van der Waals surface area contributed by atoms with Gasteiger partial charge in [0.25, 0.3) is 0 Å². The molecule has 4 nitrogen and oxygen atoms in total. The molecule has 0 amide bonds. The lowest BCUT2D eigenvalue weighted by Crippen LogP contribution is -2.03. The summed E-state index contributed by atoms with van der Waals surface area (Å²) in [6.07, 6.45) is 1.33. The molecule has 6 heteroatoms. The van der Waals surface area contributed by atoms with Crippen LogP contribution in [0.3, 0.4) is 0 Å². The van der Waals surface area contributed by atoms with Crippen LogP contribution >= 0.6 is 15.9 Å². The zero-order valence-corrected chi connectivity index (χ0v) is 10.5. The van der Waals surface area contributed by atoms with Crippen molar-refractivity contribution >= 4 is 21.9 Å². The van der Waals surface area contributed by atoms with Gasteiger partial charge in [-0.3, -0.25) is 0 Å². The van der Waals surface area contributed by atoms with E-state index in [0.29, 0.717) is 4.47 Å². The average Bonchev–Trinajstić information content (AvgIpc) is 2.33. The van der Waals surface area contributed by atoms with Gasteiger partial charge in [0.05, 0.1) is 0 Å². The molecule has 2 rings (SSSR count). The maximum Gasteiger partial charge on any atom is 0.358 e. The van der Waals surface area contributed by atoms with Gasteiger partial charge in [-0.05, 0) is 30.3 Å². The monoisotopic (exact) mass is 311 g/mol. The first kappa shape index (κ1) is 12.5. The quantitative estimate of drug-likeness (QED) is 0.943. The molecule has 0 aliphatic carbocycles. The molecule has 0 atom stereocenters. The fraction of sp³-hybridized carbons (Fsp3) is 0. The van der Waals surface area contributed by atoms with Crippen molar-refractivity contribution in [3.05, 3.63) is 52.5 Å². The molecule has 92 valence electrons. The summed E-state index contributed by atoms with van der Waals surface area (Å²) in [5, 5.41) is 8.91. The summed E-state index contributed by atoms with van der Waals surface area (Å²) in [6.45, 7) is 0. The summed E-state index contributed by atoms with van der Waals surface area (Å²) >= 11 is 3.12. The zero-order chi connectivity index (χ0) is 13.1. The van der Waals surface area contributed by atoms with Crippen LogP contribution in [0.1, 0.15) is 10.5 Å². The predicted molar refractivity (Wildman–Crippen MR) is 65.4 cm³/mol. The molecule has 0 unspecified atom stereocenters. The Bertz CT molecular complexity index is 604. The van der Waals surface area contributed by atoms with Crippen molar-refractivity contribution in [2.45, 2.75) is 0 Å². The third kappa shape index (κ3) is 2.65. The molecule has 0 aliphatic rings. The van der Waals surface area contributed by atoms with Crippen LogP contribution in [-0.4, -0.2) is 16.1 Å². The second kappa shape index (κ2) is 5.14. The maximum absolute atomic E-state index is 13.5. The number of nitrogens with zero attached hydrogens (tertiary/aromatic N) is 1. The van der Waals surface area contributed by atoms with Gasteiger partial charge in [0.15, 0.2) is 23.0 Å². The number of rotatable bonds is 3. The lowest BCUT2D eigenvalue weighted by atomic mass is 10.3. The second-order valence-electron chi connectivity index (χ2n) is 3.33. The van der Waals surface area contributed by atoms with Gasteiger partial charge >= 0.3 is 5.97 Å². The fourth-order valence-corrected chi connectivity index (χ4v) is 1.64. The summed E-state index contributed by atoms with van der Waals surface area (Å²) in [7, 11) is 0. The minimum Gasteiger partial charge on any atom is -0.476 e. The highest BCUT2D eigenvalue weighted by Gasteiger charge is 2.14. The minimum absolute atomic E-state index is 0.00813. The van der Waals surface area contributed by atoms with Crippen molar-refractivity contribution in [2.75, 3.05) is 0 Å². The molecule has 0 spiro atoms. The number of benzene rings is 1. The summed E-state index contributed by atoms with van der Waals surface area (Å²) < 4.78 is 19.3. The van der Waals surface area contributed by atoms with Crippen molar-refractivity contribution < 1.29 is 19.0 Å². The highest BCUT2D eigenvalue weighted by Crippen LogP contribution is 2.28. The molecule has 18 heavy (non-hydrogen) atoms. The van der Waals surface area contributed by atoms with Crippen molar-refractivity contribution in [1.29, 1.82) is 0 Å². The van der Waals surface area contributed by atoms with Crippen molar-refractivity contribution in [2.24, 2.45) is 0 Å². The van der Waals surface area contributed by atoms with E-state index in [1.165, 1.54) is 30.5 Å². The Kier molecular flexibility index (Phi) is 3.57. The lowest BCUT2D eigenvalue weighted by Gasteiger charge is -2.08. The Balaban J connectivity index is 2.37. The van der Waals surface area contributed by atoms with Crippen LogP contribution in [-0.2, 0) is 0 Å². The molecule has 0 saturated heterocycles. The molecule has 1 aromatic heterocycles. The first-order valence-electron chi connectivity index (χ1n) is 4.89. The van der Waals surface area contributed by atoms with Crippen LogP contribution in [0.15, 0.2) is 41.0 Å². The summed E-state index contributed by atoms with van der Waals surface area (Å²) in [4.78, 5) is 14.6. The average molecular weight is 312 g/mol. The topological polar surface area (TPSA) is 59.4 Å². The van der Waals surface area contributed by atoms with E-state index < -0.39 is 11.8 Å². The molecule has 2 aromatic rings. The van der Waals surface area contributed by atoms with Gasteiger partial charge in [-0.15, -0.1) is 0 Å². The number of aromatic nitrogens is 1. The van der Waals surface area contributed by atoms with Crippen LogP contribution in [0, 0.1) is 5.82 Å². The number of pyridine rings is 1. The fourth-order valence-electron chi connectivity index (χ4n) is 1.31. The lowest BCUT2D eigenvalue weighted by molar-refractivity contribution is 0.0687. The molecule has 0 fully saturated rings. The number of aromatic carboxylic acids is 1. The maximum atomic E-state index is 13.5. The molecule has 0 radical (unpaired) electrons. The van der Waals surface area contributed by atoms with Crippen LogP contribution in [0.2, 0.25) is 0 Å². The first-order chi connectivity index (χ1) is 8.58. The zero-order valence-electron chi connectivity index (χ0n) is 8.93. The van der Waals surface area contributed by atoms with E-state index in [0.717, 1.165) is 0 Å². The Hall–Kier alpha value is -1.95. The minimum atomic E-state index is -1.23. The molecule has 0 aliphatic heterocycles. The smallest absolute Gasteiger partial charge is 0.358 e. The van der Waals surface area contributed by atoms with Crippen LogP contribution < -0.4 is 4.74 Å². The predicted octanol–water partition coefficient (Wildman–Crippen LogP) is 3.47. The summed E-state index contributed by atoms with van der Waals surface area (Å²) in [6, 6.07) is 7.15. The molecule has 1 N–H and O–H groups in total. The van der Waals surface area contributed by atoms with E-state index in [2.05, 4.69) is 20.9 Å². The van der Waals surface area contributed by atoms with E-state index in [1.54, 1.807) is 6.07 Å². The van der Waals surface area contributed by atoms with E-state index in [1.807, 2.05) is 0 Å². The number of hydrogen-bond acceptors (Lipinski definition) is 3. The number of carbonyl (C=O) groups is 1. The molecule has 1 heterocycles. The van der Waals surface area contributed by atoms with E-state index >= 15 is 0 Å². The standard InChI is InChI=1S/C12H7BrFNO3/c13-7-3-4-9(8(14)6-7)18-10-2-1-5-15-11(10)12(16)17/h1-6H,(H,16,17). The van der Waals surface area contributed by atoms with Crippen molar-refractivity contribution in [3.8, 4) is 11.5 Å².